The van der Waals surface area contributed by atoms with Gasteiger partial charge in [-0.25, -0.2) is 14.2 Å². The molecule has 4 fully saturated rings. The molecule has 216 valence electrons. The van der Waals surface area contributed by atoms with Crippen molar-refractivity contribution < 1.29 is 28.2 Å². The summed E-state index contributed by atoms with van der Waals surface area (Å²) in [6, 6.07) is 4.25. The standard InChI is InChI=1S/C32H38BFN2O5/c33-26(17-22-16-24(34)12-9-21(22)10-14-28(37)38)31(18-23-11-13-27-32(23,31)41-27)30-36-25(19-40-30)29(39)35-15-5-4-8-20-6-2-1-3-7-20/h9-10,12,14,16,19-20,23,26-27H,1-8,11,13,15,17-18H2,(H,35,39)(H,37,38)/b14-10+. The van der Waals surface area contributed by atoms with Crippen LogP contribution < -0.4 is 5.32 Å². The van der Waals surface area contributed by atoms with Crippen LogP contribution in [-0.4, -0.2) is 48.1 Å². The van der Waals surface area contributed by atoms with E-state index < -0.39 is 28.6 Å². The van der Waals surface area contributed by atoms with Gasteiger partial charge in [0.2, 0.25) is 5.89 Å². The van der Waals surface area contributed by atoms with E-state index in [1.54, 1.807) is 6.07 Å². The monoisotopic (exact) mass is 560 g/mol. The summed E-state index contributed by atoms with van der Waals surface area (Å²) in [5.74, 6) is -0.747. The van der Waals surface area contributed by atoms with Gasteiger partial charge in [0.15, 0.2) is 5.69 Å². The number of aromatic nitrogens is 1. The van der Waals surface area contributed by atoms with Crippen LogP contribution in [0, 0.1) is 17.7 Å². The number of rotatable bonds is 12. The number of epoxide rings is 1. The number of unbranched alkanes of at least 4 members (excludes halogenated alkanes) is 1. The van der Waals surface area contributed by atoms with Crippen molar-refractivity contribution in [3.63, 3.8) is 0 Å². The quantitative estimate of drug-likeness (QED) is 0.148. The Morgan fingerprint density at radius 2 is 2.02 bits per heavy atom. The van der Waals surface area contributed by atoms with Crippen LogP contribution in [0.15, 0.2) is 35.0 Å². The lowest BCUT2D eigenvalue weighted by Gasteiger charge is -2.54. The second kappa shape index (κ2) is 11.4. The summed E-state index contributed by atoms with van der Waals surface area (Å²) < 4.78 is 26.5. The predicted molar refractivity (Wildman–Crippen MR) is 152 cm³/mol. The van der Waals surface area contributed by atoms with Gasteiger partial charge in [0.1, 0.15) is 17.7 Å². The van der Waals surface area contributed by atoms with Crippen LogP contribution >= 0.6 is 0 Å². The number of benzene rings is 1. The zero-order chi connectivity index (χ0) is 28.6. The minimum Gasteiger partial charge on any atom is -0.478 e. The molecule has 3 aliphatic carbocycles. The summed E-state index contributed by atoms with van der Waals surface area (Å²) in [4.78, 5) is 28.7. The second-order valence-electron chi connectivity index (χ2n) is 12.5. The van der Waals surface area contributed by atoms with Crippen LogP contribution in [0.3, 0.4) is 0 Å². The van der Waals surface area contributed by atoms with E-state index >= 15 is 0 Å². The fraction of sp³-hybridized carbons (Fsp3) is 0.594. The predicted octanol–water partition coefficient (Wildman–Crippen LogP) is 5.78. The molecular weight excluding hydrogens is 522 g/mol. The number of halogens is 1. The number of aliphatic carboxylic acids is 1. The van der Waals surface area contributed by atoms with E-state index in [9.17, 15) is 14.0 Å². The molecule has 2 heterocycles. The summed E-state index contributed by atoms with van der Waals surface area (Å²) in [5, 5.41) is 12.1. The molecular formula is C32H38BFN2O5. The maximum atomic E-state index is 14.3. The lowest BCUT2D eigenvalue weighted by molar-refractivity contribution is -0.131. The number of amides is 1. The van der Waals surface area contributed by atoms with E-state index in [0.29, 0.717) is 35.9 Å². The van der Waals surface area contributed by atoms with Crippen molar-refractivity contribution in [2.24, 2.45) is 11.8 Å². The smallest absolute Gasteiger partial charge is 0.328 e. The van der Waals surface area contributed by atoms with E-state index in [1.165, 1.54) is 63.0 Å². The summed E-state index contributed by atoms with van der Waals surface area (Å²) in [7, 11) is 6.94. The first-order valence-electron chi connectivity index (χ1n) is 15.2. The Labute approximate surface area is 241 Å². The molecule has 1 aromatic heterocycles. The van der Waals surface area contributed by atoms with Crippen LogP contribution in [0.25, 0.3) is 6.08 Å². The molecule has 0 bridgehead atoms. The molecule has 2 aromatic rings. The molecule has 9 heteroatoms. The number of carboxylic acids is 1. The molecule has 7 nitrogen and oxygen atoms in total. The number of carboxylic acid groups (broad SMARTS) is 1. The Morgan fingerprint density at radius 3 is 2.78 bits per heavy atom. The van der Waals surface area contributed by atoms with E-state index in [0.717, 1.165) is 37.7 Å². The van der Waals surface area contributed by atoms with Crippen molar-refractivity contribution in [1.29, 1.82) is 0 Å². The van der Waals surface area contributed by atoms with Crippen LogP contribution in [0.5, 0.6) is 0 Å². The van der Waals surface area contributed by atoms with Gasteiger partial charge in [0.05, 0.1) is 19.4 Å². The highest BCUT2D eigenvalue weighted by atomic mass is 19.1. The Morgan fingerprint density at radius 1 is 1.20 bits per heavy atom. The van der Waals surface area contributed by atoms with E-state index in [1.807, 2.05) is 0 Å². The number of ether oxygens (including phenoxy) is 1. The minimum atomic E-state index is -1.09. The normalized spacial score (nSPS) is 29.5. The van der Waals surface area contributed by atoms with Gasteiger partial charge >= 0.3 is 5.97 Å². The van der Waals surface area contributed by atoms with Crippen LogP contribution in [0.2, 0.25) is 5.82 Å². The third-order valence-electron chi connectivity index (χ3n) is 10.2. The molecule has 6 rings (SSSR count). The van der Waals surface area contributed by atoms with Crippen molar-refractivity contribution in [3.8, 4) is 0 Å². The zero-order valence-corrected chi connectivity index (χ0v) is 23.4. The maximum Gasteiger partial charge on any atom is 0.328 e. The highest BCUT2D eigenvalue weighted by molar-refractivity contribution is 6.13. The van der Waals surface area contributed by atoms with Crippen LogP contribution in [0.4, 0.5) is 4.39 Å². The van der Waals surface area contributed by atoms with Crippen molar-refractivity contribution >= 4 is 25.8 Å². The van der Waals surface area contributed by atoms with Gasteiger partial charge in [-0.1, -0.05) is 56.8 Å². The molecule has 5 atom stereocenters. The summed E-state index contributed by atoms with van der Waals surface area (Å²) in [6.07, 6.45) is 16.9. The number of carbonyl (C=O) groups is 2. The Bertz CT molecular complexity index is 1320. The summed E-state index contributed by atoms with van der Waals surface area (Å²) >= 11 is 0. The van der Waals surface area contributed by atoms with Gasteiger partial charge in [0, 0.05) is 12.6 Å². The molecule has 5 unspecified atom stereocenters. The summed E-state index contributed by atoms with van der Waals surface area (Å²) in [6.45, 7) is 0.599. The van der Waals surface area contributed by atoms with Gasteiger partial charge in [-0.05, 0) is 73.3 Å². The fourth-order valence-corrected chi connectivity index (χ4v) is 8.08. The zero-order valence-electron chi connectivity index (χ0n) is 23.4. The Hall–Kier alpha value is -2.94. The minimum absolute atomic E-state index is 0.0690. The number of hydrogen-bond acceptors (Lipinski definition) is 5. The first-order valence-corrected chi connectivity index (χ1v) is 15.2. The van der Waals surface area contributed by atoms with Gasteiger partial charge < -0.3 is 19.6 Å². The second-order valence-corrected chi connectivity index (χ2v) is 12.5. The lowest BCUT2D eigenvalue weighted by atomic mass is 9.44. The molecule has 2 radical (unpaired) electrons. The van der Waals surface area contributed by atoms with Crippen molar-refractivity contribution in [2.75, 3.05) is 6.54 Å². The van der Waals surface area contributed by atoms with Crippen molar-refractivity contribution in [3.05, 3.63) is 59.1 Å². The number of carbonyl (C=O) groups excluding carboxylic acids is 1. The number of hydrogen-bond donors (Lipinski definition) is 2. The molecule has 41 heavy (non-hydrogen) atoms. The first-order chi connectivity index (χ1) is 19.8. The van der Waals surface area contributed by atoms with Crippen molar-refractivity contribution in [2.45, 2.75) is 100.0 Å². The highest BCUT2D eigenvalue weighted by Gasteiger charge is 2.84. The molecule has 2 N–H and O–H groups in total. The molecule has 1 amide bonds. The summed E-state index contributed by atoms with van der Waals surface area (Å²) in [5.41, 5.74) is 0.182. The average molecular weight is 560 g/mol. The van der Waals surface area contributed by atoms with Crippen LogP contribution in [-0.2, 0) is 21.4 Å². The molecule has 3 saturated carbocycles. The Balaban J connectivity index is 1.16. The fourth-order valence-electron chi connectivity index (χ4n) is 8.08. The molecule has 1 saturated heterocycles. The number of nitrogens with one attached hydrogen (secondary N) is 1. The third-order valence-corrected chi connectivity index (χ3v) is 10.2. The molecule has 1 aliphatic heterocycles. The molecule has 4 aliphatic rings. The third kappa shape index (κ3) is 5.15. The van der Waals surface area contributed by atoms with Gasteiger partial charge in [0.25, 0.3) is 5.91 Å². The number of nitrogens with zero attached hydrogens (tertiary/aromatic N) is 1. The van der Waals surface area contributed by atoms with Crippen molar-refractivity contribution in [1.82, 2.24) is 10.3 Å². The highest BCUT2D eigenvalue weighted by Crippen LogP contribution is 2.76. The largest absolute Gasteiger partial charge is 0.478 e. The van der Waals surface area contributed by atoms with E-state index in [4.69, 9.17) is 22.1 Å². The lowest BCUT2D eigenvalue weighted by Crippen LogP contribution is -2.61. The van der Waals surface area contributed by atoms with Gasteiger partial charge in [-0.15, -0.1) is 0 Å². The maximum absolute atomic E-state index is 14.3. The Kier molecular flexibility index (Phi) is 7.83. The van der Waals surface area contributed by atoms with Gasteiger partial charge in [-0.3, -0.25) is 4.79 Å². The number of oxazole rings is 1. The first kappa shape index (κ1) is 28.2. The van der Waals surface area contributed by atoms with E-state index in [-0.39, 0.29) is 24.1 Å². The SMILES string of the molecule is [B]C(Cc1cc(F)ccc1/C=C/C(=O)O)C1(c2nc(C(=O)NCCCCC3CCCCC3)co2)CC2CCC3OC231. The molecule has 1 aromatic carbocycles. The van der Waals surface area contributed by atoms with Gasteiger partial charge in [-0.2, -0.15) is 0 Å². The topological polar surface area (TPSA) is 105 Å². The van der Waals surface area contributed by atoms with E-state index in [2.05, 4.69) is 10.3 Å². The molecule has 1 spiro atoms. The van der Waals surface area contributed by atoms with Crippen LogP contribution in [0.1, 0.15) is 98.1 Å². The average Bonchev–Trinajstić information content (AvgIpc) is 3.41.